The summed E-state index contributed by atoms with van der Waals surface area (Å²) in [6.07, 6.45) is 20.3. The van der Waals surface area contributed by atoms with E-state index in [-0.39, 0.29) is 0 Å². The smallest absolute Gasteiger partial charge is 0.343 e. The van der Waals surface area contributed by atoms with Gasteiger partial charge in [0.1, 0.15) is 11.8 Å². The monoisotopic (exact) mass is 529 g/mol. The van der Waals surface area contributed by atoms with E-state index in [1.807, 2.05) is 24.3 Å². The van der Waals surface area contributed by atoms with Gasteiger partial charge in [-0.1, -0.05) is 103 Å². The lowest BCUT2D eigenvalue weighted by atomic mass is 9.73. The first-order valence-corrected chi connectivity index (χ1v) is 15.9. The number of esters is 1. The van der Waals surface area contributed by atoms with Crippen LogP contribution in [0, 0.1) is 23.2 Å². The van der Waals surface area contributed by atoms with Gasteiger partial charge in [-0.2, -0.15) is 5.26 Å². The van der Waals surface area contributed by atoms with Gasteiger partial charge in [-0.3, -0.25) is 0 Å². The third kappa shape index (κ3) is 10.1. The van der Waals surface area contributed by atoms with E-state index in [1.165, 1.54) is 95.5 Å². The second-order valence-electron chi connectivity index (χ2n) is 11.9. The summed E-state index contributed by atoms with van der Waals surface area (Å²) in [5, 5.41) is 9.67. The molecule has 3 nitrogen and oxygen atoms in total. The number of hydrogen-bond acceptors (Lipinski definition) is 3. The maximum atomic E-state index is 12.9. The number of nitrogens with zero attached hydrogens (tertiary/aromatic N) is 1. The Hall–Kier alpha value is -2.60. The summed E-state index contributed by atoms with van der Waals surface area (Å²) in [4.78, 5) is 12.9. The number of nitriles is 1. The van der Waals surface area contributed by atoms with Crippen LogP contribution in [-0.4, -0.2) is 5.97 Å². The molecular weight excluding hydrogens is 478 g/mol. The Bertz CT molecular complexity index is 1030. The van der Waals surface area contributed by atoms with Crippen molar-refractivity contribution in [3.63, 3.8) is 0 Å². The van der Waals surface area contributed by atoms with Gasteiger partial charge >= 0.3 is 5.97 Å². The van der Waals surface area contributed by atoms with Crippen molar-refractivity contribution < 1.29 is 9.53 Å². The fourth-order valence-electron chi connectivity index (χ4n) is 6.21. The van der Waals surface area contributed by atoms with Crippen molar-refractivity contribution in [3.05, 3.63) is 64.7 Å². The van der Waals surface area contributed by atoms with E-state index in [9.17, 15) is 10.1 Å². The van der Waals surface area contributed by atoms with Crippen molar-refractivity contribution in [1.29, 1.82) is 5.26 Å². The van der Waals surface area contributed by atoms with Gasteiger partial charge in [-0.25, -0.2) is 4.79 Å². The molecule has 0 aliphatic heterocycles. The summed E-state index contributed by atoms with van der Waals surface area (Å²) in [5.74, 6) is 2.23. The summed E-state index contributed by atoms with van der Waals surface area (Å²) in [6.45, 7) is 6.96. The second kappa shape index (κ2) is 17.2. The lowest BCUT2D eigenvalue weighted by molar-refractivity contribution is 0.0734. The Kier molecular flexibility index (Phi) is 13.6. The minimum atomic E-state index is -0.401. The van der Waals surface area contributed by atoms with Gasteiger partial charge in [0.2, 0.25) is 0 Å². The van der Waals surface area contributed by atoms with Crippen LogP contribution in [0.5, 0.6) is 5.75 Å². The zero-order chi connectivity index (χ0) is 27.9. The van der Waals surface area contributed by atoms with Gasteiger partial charge in [0.25, 0.3) is 0 Å². The molecule has 3 rings (SSSR count). The van der Waals surface area contributed by atoms with Crippen LogP contribution in [-0.2, 0) is 6.42 Å². The first-order valence-electron chi connectivity index (χ1n) is 15.9. The molecule has 2 aromatic carbocycles. The minimum Gasteiger partial charge on any atom is -0.422 e. The number of hydrogen-bond donors (Lipinski definition) is 0. The van der Waals surface area contributed by atoms with Gasteiger partial charge in [-0.15, -0.1) is 0 Å². The third-order valence-electron chi connectivity index (χ3n) is 8.89. The molecule has 0 saturated heterocycles. The summed E-state index contributed by atoms with van der Waals surface area (Å²) in [5.41, 5.74) is 3.43. The second-order valence-corrected chi connectivity index (χ2v) is 11.9. The average Bonchev–Trinajstić information content (AvgIpc) is 2.98. The maximum Gasteiger partial charge on any atom is 0.343 e. The molecule has 2 aromatic rings. The first-order chi connectivity index (χ1) is 19.0. The van der Waals surface area contributed by atoms with Gasteiger partial charge in [0.05, 0.1) is 11.1 Å². The van der Waals surface area contributed by atoms with Crippen molar-refractivity contribution in [2.75, 3.05) is 0 Å². The zero-order valence-corrected chi connectivity index (χ0v) is 24.9. The Morgan fingerprint density at radius 2 is 1.51 bits per heavy atom. The predicted molar refractivity (Wildman–Crippen MR) is 162 cm³/mol. The number of rotatable bonds is 16. The van der Waals surface area contributed by atoms with Gasteiger partial charge in [0, 0.05) is 0 Å². The van der Waals surface area contributed by atoms with Crippen LogP contribution in [0.2, 0.25) is 0 Å². The number of unbranched alkanes of at least 4 members (excludes halogenated alkanes) is 8. The van der Waals surface area contributed by atoms with Gasteiger partial charge < -0.3 is 4.74 Å². The Morgan fingerprint density at radius 1 is 0.872 bits per heavy atom. The topological polar surface area (TPSA) is 50.1 Å². The highest BCUT2D eigenvalue weighted by molar-refractivity contribution is 5.91. The molecule has 1 atom stereocenters. The normalized spacial score (nSPS) is 17.9. The van der Waals surface area contributed by atoms with Crippen molar-refractivity contribution in [2.45, 2.75) is 129 Å². The fraction of sp³-hybridized carbons (Fsp3) is 0.611. The average molecular weight is 530 g/mol. The van der Waals surface area contributed by atoms with E-state index in [2.05, 4.69) is 39.0 Å². The van der Waals surface area contributed by atoms with E-state index in [0.29, 0.717) is 22.8 Å². The number of carbonyl (C=O) groups excluding carboxylic acids is 1. The molecular formula is C36H51NO2. The highest BCUT2D eigenvalue weighted by Crippen LogP contribution is 2.40. The van der Waals surface area contributed by atoms with Crippen LogP contribution in [0.15, 0.2) is 42.5 Å². The molecule has 0 aromatic heterocycles. The third-order valence-corrected chi connectivity index (χ3v) is 8.89. The predicted octanol–water partition coefficient (Wildman–Crippen LogP) is 10.6. The van der Waals surface area contributed by atoms with Crippen molar-refractivity contribution >= 4 is 5.97 Å². The first kappa shape index (κ1) is 30.9. The van der Waals surface area contributed by atoms with Crippen molar-refractivity contribution in [1.82, 2.24) is 0 Å². The molecule has 0 bridgehead atoms. The minimum absolute atomic E-state index is 0.349. The zero-order valence-electron chi connectivity index (χ0n) is 24.9. The van der Waals surface area contributed by atoms with E-state index < -0.39 is 5.97 Å². The molecule has 0 amide bonds. The summed E-state index contributed by atoms with van der Waals surface area (Å²) in [6, 6.07) is 15.8. The number of carbonyl (C=O) groups is 1. The Balaban J connectivity index is 1.46. The lowest BCUT2D eigenvalue weighted by Gasteiger charge is -2.32. The molecule has 212 valence electrons. The molecule has 0 heterocycles. The van der Waals surface area contributed by atoms with E-state index in [1.54, 1.807) is 6.07 Å². The number of ether oxygens (including phenoxy) is 1. The molecule has 0 radical (unpaired) electrons. The largest absolute Gasteiger partial charge is 0.422 e. The molecule has 1 aliphatic carbocycles. The van der Waals surface area contributed by atoms with E-state index in [0.717, 1.165) is 30.2 Å². The molecule has 1 unspecified atom stereocenters. The van der Waals surface area contributed by atoms with Crippen LogP contribution in [0.1, 0.15) is 150 Å². The highest BCUT2D eigenvalue weighted by Gasteiger charge is 2.26. The Morgan fingerprint density at radius 3 is 2.15 bits per heavy atom. The molecule has 0 spiro atoms. The van der Waals surface area contributed by atoms with Crippen molar-refractivity contribution in [2.24, 2.45) is 11.8 Å². The maximum absolute atomic E-state index is 12.9. The summed E-state index contributed by atoms with van der Waals surface area (Å²) >= 11 is 0. The molecule has 3 heteroatoms. The molecule has 1 fully saturated rings. The van der Waals surface area contributed by atoms with Crippen LogP contribution in [0.4, 0.5) is 0 Å². The Labute approximate surface area is 238 Å². The van der Waals surface area contributed by atoms with Crippen LogP contribution in [0.3, 0.4) is 0 Å². The standard InChI is InChI=1S/C36H51NO2/c1-4-6-8-9-10-11-12-13-15-29-16-25-35(34(26-29)27-37)39-36(38)33-23-21-32(22-24-33)31-19-17-30(18-20-31)28(3)14-7-5-2/h16,21-26,28,30-31H,4-15,17-20H2,1-3H3. The fourth-order valence-corrected chi connectivity index (χ4v) is 6.21. The van der Waals surface area contributed by atoms with Crippen LogP contribution < -0.4 is 4.74 Å². The summed E-state index contributed by atoms with van der Waals surface area (Å²) in [7, 11) is 0. The quantitative estimate of drug-likeness (QED) is 0.123. The van der Waals surface area contributed by atoms with Crippen molar-refractivity contribution in [3.8, 4) is 11.8 Å². The highest BCUT2D eigenvalue weighted by atomic mass is 16.5. The molecule has 1 aliphatic rings. The summed E-state index contributed by atoms with van der Waals surface area (Å²) < 4.78 is 5.66. The van der Waals surface area contributed by atoms with E-state index >= 15 is 0 Å². The molecule has 1 saturated carbocycles. The van der Waals surface area contributed by atoms with Crippen LogP contribution >= 0.6 is 0 Å². The molecule has 0 N–H and O–H groups in total. The number of aryl methyl sites for hydroxylation is 1. The number of benzene rings is 2. The molecule has 39 heavy (non-hydrogen) atoms. The van der Waals surface area contributed by atoms with Gasteiger partial charge in [-0.05, 0) is 91.7 Å². The van der Waals surface area contributed by atoms with Gasteiger partial charge in [0.15, 0.2) is 0 Å². The SMILES string of the molecule is CCCCCCCCCCc1ccc(OC(=O)c2ccc(C3CCC(C(C)CCCC)CC3)cc2)c(C#N)c1. The van der Waals surface area contributed by atoms with Crippen LogP contribution in [0.25, 0.3) is 0 Å². The van der Waals surface area contributed by atoms with E-state index in [4.69, 9.17) is 4.74 Å². The lowest BCUT2D eigenvalue weighted by Crippen LogP contribution is -2.19.